The van der Waals surface area contributed by atoms with Gasteiger partial charge in [-0.3, -0.25) is 4.79 Å². The Labute approximate surface area is 88.9 Å². The Balaban J connectivity index is 2.25. The molecule has 1 heterocycles. The number of imidazole rings is 1. The Morgan fingerprint density at radius 1 is 1.73 bits per heavy atom. The Kier molecular flexibility index (Phi) is 2.50. The number of hydrogen-bond donors (Lipinski definition) is 1. The highest BCUT2D eigenvalue weighted by molar-refractivity contribution is 5.68. The Morgan fingerprint density at radius 3 is 3.07 bits per heavy atom. The van der Waals surface area contributed by atoms with Gasteiger partial charge in [0.15, 0.2) is 0 Å². The molecule has 1 aromatic heterocycles. The topological polar surface area (TPSA) is 55.1 Å². The number of aliphatic carboxylic acids is 1. The van der Waals surface area contributed by atoms with Crippen molar-refractivity contribution < 1.29 is 9.90 Å². The highest BCUT2D eigenvalue weighted by Gasteiger charge is 2.29. The van der Waals surface area contributed by atoms with Gasteiger partial charge in [-0.2, -0.15) is 0 Å². The van der Waals surface area contributed by atoms with E-state index in [0.29, 0.717) is 6.04 Å². The average molecular weight is 208 g/mol. The van der Waals surface area contributed by atoms with Crippen LogP contribution in [0.25, 0.3) is 0 Å². The zero-order valence-corrected chi connectivity index (χ0v) is 9.10. The van der Waals surface area contributed by atoms with Crippen molar-refractivity contribution in [1.29, 1.82) is 0 Å². The van der Waals surface area contributed by atoms with Crippen LogP contribution in [0, 0.1) is 0 Å². The third kappa shape index (κ3) is 1.76. The molecule has 0 aliphatic heterocycles. The first-order chi connectivity index (χ1) is 7.09. The SMILES string of the molecule is CC(C)n1cnc2c1CCC2CC(=O)O. The van der Waals surface area contributed by atoms with Crippen molar-refractivity contribution in [1.82, 2.24) is 9.55 Å². The number of nitrogens with zero attached hydrogens (tertiary/aromatic N) is 2. The lowest BCUT2D eigenvalue weighted by atomic mass is 10.0. The van der Waals surface area contributed by atoms with Crippen LogP contribution in [0.4, 0.5) is 0 Å². The van der Waals surface area contributed by atoms with Gasteiger partial charge in [-0.25, -0.2) is 4.98 Å². The number of carboxylic acids is 1. The number of carbonyl (C=O) groups is 1. The molecule has 4 heteroatoms. The minimum absolute atomic E-state index is 0.123. The summed E-state index contributed by atoms with van der Waals surface area (Å²) in [5, 5.41) is 8.78. The largest absolute Gasteiger partial charge is 0.481 e. The Hall–Kier alpha value is -1.32. The number of aromatic nitrogens is 2. The quantitative estimate of drug-likeness (QED) is 0.826. The third-order valence-corrected chi connectivity index (χ3v) is 3.02. The molecule has 2 rings (SSSR count). The lowest BCUT2D eigenvalue weighted by Crippen LogP contribution is -2.03. The lowest BCUT2D eigenvalue weighted by molar-refractivity contribution is -0.137. The van der Waals surface area contributed by atoms with Gasteiger partial charge in [-0.05, 0) is 26.7 Å². The summed E-state index contributed by atoms with van der Waals surface area (Å²) >= 11 is 0. The summed E-state index contributed by atoms with van der Waals surface area (Å²) in [4.78, 5) is 15.0. The van der Waals surface area contributed by atoms with E-state index in [4.69, 9.17) is 5.11 Å². The van der Waals surface area contributed by atoms with Crippen LogP contribution in [0.2, 0.25) is 0 Å². The highest BCUT2D eigenvalue weighted by atomic mass is 16.4. The van der Waals surface area contributed by atoms with Crippen LogP contribution in [-0.4, -0.2) is 20.6 Å². The van der Waals surface area contributed by atoms with Crippen molar-refractivity contribution in [2.24, 2.45) is 0 Å². The van der Waals surface area contributed by atoms with Crippen LogP contribution in [0.15, 0.2) is 6.33 Å². The fourth-order valence-electron chi connectivity index (χ4n) is 2.30. The molecule has 15 heavy (non-hydrogen) atoms. The van der Waals surface area contributed by atoms with E-state index in [2.05, 4.69) is 23.4 Å². The van der Waals surface area contributed by atoms with Crippen LogP contribution in [0.1, 0.15) is 50.0 Å². The summed E-state index contributed by atoms with van der Waals surface area (Å²) in [6.07, 6.45) is 3.94. The number of fused-ring (bicyclic) bond motifs is 1. The second-order valence-corrected chi connectivity index (χ2v) is 4.41. The number of rotatable bonds is 3. The van der Waals surface area contributed by atoms with E-state index >= 15 is 0 Å². The second-order valence-electron chi connectivity index (χ2n) is 4.41. The van der Waals surface area contributed by atoms with Crippen LogP contribution in [-0.2, 0) is 11.2 Å². The molecule has 4 nitrogen and oxygen atoms in total. The molecule has 0 bridgehead atoms. The van der Waals surface area contributed by atoms with Gasteiger partial charge >= 0.3 is 5.97 Å². The maximum absolute atomic E-state index is 10.7. The van der Waals surface area contributed by atoms with Crippen molar-refractivity contribution in [2.45, 2.75) is 45.1 Å². The Morgan fingerprint density at radius 2 is 2.47 bits per heavy atom. The first-order valence-electron chi connectivity index (χ1n) is 5.37. The van der Waals surface area contributed by atoms with Gasteiger partial charge in [0.05, 0.1) is 18.4 Å². The van der Waals surface area contributed by atoms with Gasteiger partial charge in [-0.1, -0.05) is 0 Å². The van der Waals surface area contributed by atoms with Crippen LogP contribution < -0.4 is 0 Å². The molecule has 82 valence electrons. The Bertz CT molecular complexity index is 382. The summed E-state index contributed by atoms with van der Waals surface area (Å²) in [5.74, 6) is -0.607. The summed E-state index contributed by atoms with van der Waals surface area (Å²) in [7, 11) is 0. The molecule has 1 unspecified atom stereocenters. The fourth-order valence-corrected chi connectivity index (χ4v) is 2.30. The summed E-state index contributed by atoms with van der Waals surface area (Å²) in [5.41, 5.74) is 2.24. The van der Waals surface area contributed by atoms with E-state index < -0.39 is 5.97 Å². The second kappa shape index (κ2) is 3.68. The molecule has 0 fully saturated rings. The number of carboxylic acid groups (broad SMARTS) is 1. The molecule has 0 spiro atoms. The summed E-state index contributed by atoms with van der Waals surface area (Å²) < 4.78 is 2.15. The minimum Gasteiger partial charge on any atom is -0.481 e. The molecular weight excluding hydrogens is 192 g/mol. The van der Waals surface area contributed by atoms with Crippen molar-refractivity contribution in [3.63, 3.8) is 0 Å². The summed E-state index contributed by atoms with van der Waals surface area (Å²) in [6.45, 7) is 4.24. The first kappa shape index (κ1) is 10.2. The molecular formula is C11H16N2O2. The van der Waals surface area contributed by atoms with Gasteiger partial charge in [0, 0.05) is 17.7 Å². The molecule has 0 saturated heterocycles. The molecule has 0 amide bonds. The predicted molar refractivity (Wildman–Crippen MR) is 55.9 cm³/mol. The minimum atomic E-state index is -0.730. The number of hydrogen-bond acceptors (Lipinski definition) is 2. The highest BCUT2D eigenvalue weighted by Crippen LogP contribution is 2.35. The molecule has 0 aromatic carbocycles. The molecule has 1 aliphatic rings. The van der Waals surface area contributed by atoms with E-state index in [1.807, 2.05) is 6.33 Å². The van der Waals surface area contributed by atoms with Gasteiger partial charge < -0.3 is 9.67 Å². The zero-order valence-electron chi connectivity index (χ0n) is 9.10. The summed E-state index contributed by atoms with van der Waals surface area (Å²) in [6, 6.07) is 0.407. The van der Waals surface area contributed by atoms with E-state index in [9.17, 15) is 4.79 Å². The molecule has 1 atom stereocenters. The van der Waals surface area contributed by atoms with Crippen LogP contribution in [0.5, 0.6) is 0 Å². The molecule has 1 aromatic rings. The van der Waals surface area contributed by atoms with E-state index in [1.165, 1.54) is 5.69 Å². The molecule has 1 N–H and O–H groups in total. The van der Waals surface area contributed by atoms with Crippen molar-refractivity contribution >= 4 is 5.97 Å². The monoisotopic (exact) mass is 208 g/mol. The van der Waals surface area contributed by atoms with E-state index in [-0.39, 0.29) is 12.3 Å². The fraction of sp³-hybridized carbons (Fsp3) is 0.636. The first-order valence-corrected chi connectivity index (χ1v) is 5.37. The predicted octanol–water partition coefficient (Wildman–Crippen LogP) is 1.97. The van der Waals surface area contributed by atoms with Gasteiger partial charge in [-0.15, -0.1) is 0 Å². The van der Waals surface area contributed by atoms with Gasteiger partial charge in [0.1, 0.15) is 0 Å². The van der Waals surface area contributed by atoms with Crippen molar-refractivity contribution in [3.05, 3.63) is 17.7 Å². The standard InChI is InChI=1S/C11H16N2O2/c1-7(2)13-6-12-11-8(5-10(14)15)3-4-9(11)13/h6-8H,3-5H2,1-2H3,(H,14,15). The van der Waals surface area contributed by atoms with Gasteiger partial charge in [0.25, 0.3) is 0 Å². The maximum Gasteiger partial charge on any atom is 0.304 e. The van der Waals surface area contributed by atoms with Crippen LogP contribution >= 0.6 is 0 Å². The van der Waals surface area contributed by atoms with Crippen molar-refractivity contribution in [3.8, 4) is 0 Å². The van der Waals surface area contributed by atoms with Crippen molar-refractivity contribution in [2.75, 3.05) is 0 Å². The van der Waals surface area contributed by atoms with E-state index in [0.717, 1.165) is 18.5 Å². The van der Waals surface area contributed by atoms with E-state index in [1.54, 1.807) is 0 Å². The maximum atomic E-state index is 10.7. The third-order valence-electron chi connectivity index (χ3n) is 3.02. The molecule has 0 radical (unpaired) electrons. The normalized spacial score (nSPS) is 19.5. The molecule has 1 aliphatic carbocycles. The van der Waals surface area contributed by atoms with Crippen LogP contribution in [0.3, 0.4) is 0 Å². The molecule has 0 saturated carbocycles. The lowest BCUT2D eigenvalue weighted by Gasteiger charge is -2.09. The average Bonchev–Trinajstić information content (AvgIpc) is 2.66. The van der Waals surface area contributed by atoms with Gasteiger partial charge in [0.2, 0.25) is 0 Å². The zero-order chi connectivity index (χ0) is 11.0. The smallest absolute Gasteiger partial charge is 0.304 e.